The lowest BCUT2D eigenvalue weighted by molar-refractivity contribution is -0.101. The Morgan fingerprint density at radius 3 is 2.55 bits per heavy atom. The van der Waals surface area contributed by atoms with Crippen molar-refractivity contribution >= 4 is 23.4 Å². The maximum Gasteiger partial charge on any atom is 0.196 e. The molecule has 0 spiro atoms. The molecule has 0 amide bonds. The summed E-state index contributed by atoms with van der Waals surface area (Å²) in [4.78, 5) is 0. The van der Waals surface area contributed by atoms with Gasteiger partial charge in [0, 0.05) is 30.7 Å². The Bertz CT molecular complexity index is 612. The standard InChI is InChI=1S/C15H18ClN3O2S/c1-4-9-22-15-18-17-13(10-14(20-2)21-3)19(15)12-7-5-11(16)6-8-12/h4-8,14H,1,9-10H2,2-3H3. The van der Waals surface area contributed by atoms with Gasteiger partial charge in [-0.3, -0.25) is 4.57 Å². The molecule has 1 aromatic carbocycles. The van der Waals surface area contributed by atoms with E-state index in [9.17, 15) is 0 Å². The average Bonchev–Trinajstić information content (AvgIpc) is 2.94. The van der Waals surface area contributed by atoms with Gasteiger partial charge >= 0.3 is 0 Å². The normalized spacial score (nSPS) is 11.1. The van der Waals surface area contributed by atoms with Gasteiger partial charge in [0.1, 0.15) is 5.82 Å². The highest BCUT2D eigenvalue weighted by molar-refractivity contribution is 7.99. The Morgan fingerprint density at radius 1 is 1.27 bits per heavy atom. The number of benzene rings is 1. The topological polar surface area (TPSA) is 49.2 Å². The van der Waals surface area contributed by atoms with Crippen LogP contribution >= 0.6 is 23.4 Å². The lowest BCUT2D eigenvalue weighted by Gasteiger charge is -2.14. The lowest BCUT2D eigenvalue weighted by Crippen LogP contribution is -2.19. The molecule has 5 nitrogen and oxygen atoms in total. The smallest absolute Gasteiger partial charge is 0.196 e. The molecule has 0 radical (unpaired) electrons. The molecule has 0 bridgehead atoms. The minimum atomic E-state index is -0.368. The van der Waals surface area contributed by atoms with E-state index < -0.39 is 0 Å². The number of halogens is 1. The summed E-state index contributed by atoms with van der Waals surface area (Å²) >= 11 is 7.53. The Hall–Kier alpha value is -1.34. The quantitative estimate of drug-likeness (QED) is 0.419. The van der Waals surface area contributed by atoms with Crippen LogP contribution in [0, 0.1) is 0 Å². The number of methoxy groups -OCH3 is 2. The van der Waals surface area contributed by atoms with E-state index in [0.717, 1.165) is 22.4 Å². The molecular weight excluding hydrogens is 322 g/mol. The first-order valence-electron chi connectivity index (χ1n) is 6.69. The van der Waals surface area contributed by atoms with E-state index in [1.165, 1.54) is 0 Å². The molecule has 1 aromatic heterocycles. The monoisotopic (exact) mass is 339 g/mol. The Kier molecular flexibility index (Phi) is 6.45. The zero-order valence-corrected chi connectivity index (χ0v) is 14.1. The first-order valence-corrected chi connectivity index (χ1v) is 8.05. The number of nitrogens with zero attached hydrogens (tertiary/aromatic N) is 3. The van der Waals surface area contributed by atoms with Gasteiger partial charge in [-0.15, -0.1) is 16.8 Å². The van der Waals surface area contributed by atoms with Crippen molar-refractivity contribution in [2.75, 3.05) is 20.0 Å². The summed E-state index contributed by atoms with van der Waals surface area (Å²) in [5.41, 5.74) is 0.946. The van der Waals surface area contributed by atoms with Crippen molar-refractivity contribution in [2.45, 2.75) is 17.9 Å². The highest BCUT2D eigenvalue weighted by atomic mass is 35.5. The fourth-order valence-electron chi connectivity index (χ4n) is 1.92. The molecule has 7 heteroatoms. The van der Waals surface area contributed by atoms with Gasteiger partial charge in [-0.05, 0) is 24.3 Å². The van der Waals surface area contributed by atoms with Crippen molar-refractivity contribution in [3.63, 3.8) is 0 Å². The molecular formula is C15H18ClN3O2S. The van der Waals surface area contributed by atoms with Crippen molar-refractivity contribution in [3.8, 4) is 5.69 Å². The number of thioether (sulfide) groups is 1. The first-order chi connectivity index (χ1) is 10.7. The first kappa shape index (κ1) is 17.0. The van der Waals surface area contributed by atoms with Crippen LogP contribution in [-0.2, 0) is 15.9 Å². The van der Waals surface area contributed by atoms with Gasteiger partial charge in [0.2, 0.25) is 0 Å². The van der Waals surface area contributed by atoms with Crippen LogP contribution in [0.3, 0.4) is 0 Å². The van der Waals surface area contributed by atoms with Gasteiger partial charge < -0.3 is 9.47 Å². The molecule has 0 saturated carbocycles. The van der Waals surface area contributed by atoms with Gasteiger partial charge in [-0.2, -0.15) is 0 Å². The van der Waals surface area contributed by atoms with Crippen molar-refractivity contribution in [3.05, 3.63) is 47.8 Å². The summed E-state index contributed by atoms with van der Waals surface area (Å²) in [6.45, 7) is 3.74. The van der Waals surface area contributed by atoms with Crippen LogP contribution in [-0.4, -0.2) is 41.0 Å². The largest absolute Gasteiger partial charge is 0.355 e. The van der Waals surface area contributed by atoms with Crippen LogP contribution in [0.5, 0.6) is 0 Å². The third-order valence-corrected chi connectivity index (χ3v) is 4.17. The van der Waals surface area contributed by atoms with Gasteiger partial charge in [-0.25, -0.2) is 0 Å². The predicted molar refractivity (Wildman–Crippen MR) is 88.8 cm³/mol. The fraction of sp³-hybridized carbons (Fsp3) is 0.333. The van der Waals surface area contributed by atoms with Crippen LogP contribution < -0.4 is 0 Å². The molecule has 0 atom stereocenters. The number of rotatable bonds is 8. The second-order valence-corrected chi connectivity index (χ2v) is 5.84. The third-order valence-electron chi connectivity index (χ3n) is 2.99. The van der Waals surface area contributed by atoms with Crippen LogP contribution in [0.15, 0.2) is 42.1 Å². The average molecular weight is 340 g/mol. The molecule has 2 rings (SSSR count). The highest BCUT2D eigenvalue weighted by Crippen LogP contribution is 2.24. The van der Waals surface area contributed by atoms with E-state index in [4.69, 9.17) is 21.1 Å². The van der Waals surface area contributed by atoms with Crippen LogP contribution in [0.1, 0.15) is 5.82 Å². The molecule has 0 saturated heterocycles. The zero-order chi connectivity index (χ0) is 15.9. The molecule has 0 fully saturated rings. The summed E-state index contributed by atoms with van der Waals surface area (Å²) in [6, 6.07) is 7.54. The van der Waals surface area contributed by atoms with E-state index in [0.29, 0.717) is 11.4 Å². The molecule has 0 aliphatic rings. The van der Waals surface area contributed by atoms with E-state index in [1.807, 2.05) is 34.9 Å². The van der Waals surface area contributed by atoms with Crippen LogP contribution in [0.25, 0.3) is 5.69 Å². The molecule has 0 aliphatic carbocycles. The minimum absolute atomic E-state index is 0.368. The molecule has 22 heavy (non-hydrogen) atoms. The number of hydrogen-bond donors (Lipinski definition) is 0. The van der Waals surface area contributed by atoms with Crippen molar-refractivity contribution in [1.82, 2.24) is 14.8 Å². The second-order valence-electron chi connectivity index (χ2n) is 4.42. The van der Waals surface area contributed by atoms with Gasteiger partial charge in [0.25, 0.3) is 0 Å². The predicted octanol–water partition coefficient (Wildman–Crippen LogP) is 3.36. The Morgan fingerprint density at radius 2 is 1.95 bits per heavy atom. The SMILES string of the molecule is C=CCSc1nnc(CC(OC)OC)n1-c1ccc(Cl)cc1. The van der Waals surface area contributed by atoms with E-state index in [-0.39, 0.29) is 6.29 Å². The molecule has 118 valence electrons. The van der Waals surface area contributed by atoms with E-state index >= 15 is 0 Å². The molecule has 0 unspecified atom stereocenters. The number of hydrogen-bond acceptors (Lipinski definition) is 5. The lowest BCUT2D eigenvalue weighted by atomic mass is 10.3. The van der Waals surface area contributed by atoms with E-state index in [2.05, 4.69) is 16.8 Å². The summed E-state index contributed by atoms with van der Waals surface area (Å²) in [5.74, 6) is 1.52. The zero-order valence-electron chi connectivity index (χ0n) is 12.5. The highest BCUT2D eigenvalue weighted by Gasteiger charge is 2.18. The molecule has 0 aliphatic heterocycles. The molecule has 1 heterocycles. The third kappa shape index (κ3) is 4.10. The van der Waals surface area contributed by atoms with Crippen molar-refractivity contribution < 1.29 is 9.47 Å². The van der Waals surface area contributed by atoms with Gasteiger partial charge in [0.15, 0.2) is 11.4 Å². The Labute approximate surface area is 139 Å². The fourth-order valence-corrected chi connectivity index (χ4v) is 2.75. The van der Waals surface area contributed by atoms with Crippen LogP contribution in [0.4, 0.5) is 0 Å². The van der Waals surface area contributed by atoms with Crippen molar-refractivity contribution in [1.29, 1.82) is 0 Å². The van der Waals surface area contributed by atoms with E-state index in [1.54, 1.807) is 26.0 Å². The summed E-state index contributed by atoms with van der Waals surface area (Å²) in [6.07, 6.45) is 1.96. The maximum absolute atomic E-state index is 5.97. The Balaban J connectivity index is 2.38. The number of aromatic nitrogens is 3. The molecule has 0 N–H and O–H groups in total. The summed E-state index contributed by atoms with van der Waals surface area (Å²) in [5, 5.41) is 10.0. The number of ether oxygens (including phenoxy) is 2. The van der Waals surface area contributed by atoms with Gasteiger partial charge in [0.05, 0.1) is 6.42 Å². The second kappa shape index (κ2) is 8.33. The van der Waals surface area contributed by atoms with Crippen molar-refractivity contribution in [2.24, 2.45) is 0 Å². The summed E-state index contributed by atoms with van der Waals surface area (Å²) < 4.78 is 12.5. The molecule has 2 aromatic rings. The minimum Gasteiger partial charge on any atom is -0.355 e. The van der Waals surface area contributed by atoms with Crippen LogP contribution in [0.2, 0.25) is 5.02 Å². The summed E-state index contributed by atoms with van der Waals surface area (Å²) in [7, 11) is 3.20. The van der Waals surface area contributed by atoms with Gasteiger partial charge in [-0.1, -0.05) is 29.4 Å². The maximum atomic E-state index is 5.97.